The van der Waals surface area contributed by atoms with Gasteiger partial charge in [-0.1, -0.05) is 23.5 Å². The number of aryl methyl sites for hydroxylation is 1. The summed E-state index contributed by atoms with van der Waals surface area (Å²) >= 11 is 1.51. The molecule has 92 valence electrons. The highest BCUT2D eigenvalue weighted by atomic mass is 32.1. The van der Waals surface area contributed by atoms with E-state index < -0.39 is 0 Å². The zero-order valence-electron chi connectivity index (χ0n) is 10.1. The maximum absolute atomic E-state index is 8.64. The summed E-state index contributed by atoms with van der Waals surface area (Å²) in [5.41, 5.74) is 1.75. The van der Waals surface area contributed by atoms with Crippen LogP contribution in [0.15, 0.2) is 36.0 Å². The van der Waals surface area contributed by atoms with Crippen LogP contribution in [0.3, 0.4) is 0 Å². The summed E-state index contributed by atoms with van der Waals surface area (Å²) in [5, 5.41) is 30.0. The summed E-state index contributed by atoms with van der Waals surface area (Å²) < 4.78 is 0. The minimum Gasteiger partial charge on any atom is -0.360 e. The van der Waals surface area contributed by atoms with E-state index in [0.29, 0.717) is 0 Å². The fourth-order valence-corrected chi connectivity index (χ4v) is 2.09. The average Bonchev–Trinajstić information content (AvgIpc) is 2.87. The van der Waals surface area contributed by atoms with E-state index in [1.165, 1.54) is 17.5 Å². The Morgan fingerprint density at radius 3 is 2.74 bits per heavy atom. The van der Waals surface area contributed by atoms with Crippen molar-refractivity contribution in [2.75, 3.05) is 5.32 Å². The molecular formula is C13H9N5S. The topological polar surface area (TPSA) is 85.4 Å². The van der Waals surface area contributed by atoms with Gasteiger partial charge in [0.05, 0.1) is 0 Å². The number of nitrogens with one attached hydrogen (secondary N) is 1. The number of benzene rings is 1. The summed E-state index contributed by atoms with van der Waals surface area (Å²) in [5.74, 6) is 0. The molecule has 1 aromatic heterocycles. The van der Waals surface area contributed by atoms with Gasteiger partial charge < -0.3 is 5.32 Å². The predicted octanol–water partition coefficient (Wildman–Crippen LogP) is 2.86. The average molecular weight is 267 g/mol. The van der Waals surface area contributed by atoms with Crippen molar-refractivity contribution in [3.8, 4) is 22.7 Å². The third-order valence-corrected chi connectivity index (χ3v) is 3.15. The van der Waals surface area contributed by atoms with E-state index in [1.807, 2.05) is 31.2 Å². The van der Waals surface area contributed by atoms with Crippen molar-refractivity contribution in [3.63, 3.8) is 0 Å². The Hall–Kier alpha value is -2.70. The molecule has 0 fully saturated rings. The van der Waals surface area contributed by atoms with Crippen LogP contribution < -0.4 is 5.32 Å². The Bertz CT molecular complexity index is 686. The first kappa shape index (κ1) is 12.7. The molecule has 19 heavy (non-hydrogen) atoms. The molecule has 0 bridgehead atoms. The Morgan fingerprint density at radius 2 is 2.11 bits per heavy atom. The van der Waals surface area contributed by atoms with Gasteiger partial charge in [-0.05, 0) is 19.1 Å². The largest absolute Gasteiger partial charge is 0.360 e. The standard InChI is InChI=1S/C13H9N5S/c1-9-17-18-13(19-9)11-3-2-4-12(5-11)16-8-10(6-14)7-15/h2-5,8,16H,1H3. The number of rotatable bonds is 3. The first-order valence-electron chi connectivity index (χ1n) is 5.40. The minimum atomic E-state index is 0.0252. The van der Waals surface area contributed by atoms with E-state index in [4.69, 9.17) is 10.5 Å². The SMILES string of the molecule is Cc1nnc(-c2cccc(NC=C(C#N)C#N)c2)s1. The monoisotopic (exact) mass is 267 g/mol. The zero-order chi connectivity index (χ0) is 13.7. The molecule has 5 nitrogen and oxygen atoms in total. The maximum Gasteiger partial charge on any atom is 0.147 e. The summed E-state index contributed by atoms with van der Waals surface area (Å²) in [6.45, 7) is 1.90. The van der Waals surface area contributed by atoms with E-state index in [2.05, 4.69) is 15.5 Å². The molecule has 0 saturated carbocycles. The summed E-state index contributed by atoms with van der Waals surface area (Å²) in [6.07, 6.45) is 1.38. The van der Waals surface area contributed by atoms with Gasteiger partial charge >= 0.3 is 0 Å². The number of nitrogens with zero attached hydrogens (tertiary/aromatic N) is 4. The van der Waals surface area contributed by atoms with Gasteiger partial charge in [0.15, 0.2) is 0 Å². The molecule has 0 amide bonds. The van der Waals surface area contributed by atoms with Crippen LogP contribution in [-0.2, 0) is 0 Å². The van der Waals surface area contributed by atoms with E-state index in [1.54, 1.807) is 12.1 Å². The molecule has 2 aromatic rings. The van der Waals surface area contributed by atoms with Gasteiger partial charge in [0.25, 0.3) is 0 Å². The van der Waals surface area contributed by atoms with Crippen molar-refractivity contribution < 1.29 is 0 Å². The lowest BCUT2D eigenvalue weighted by Crippen LogP contribution is -1.90. The lowest BCUT2D eigenvalue weighted by Gasteiger charge is -2.02. The van der Waals surface area contributed by atoms with Crippen molar-refractivity contribution in [3.05, 3.63) is 41.0 Å². The Balaban J connectivity index is 2.24. The van der Waals surface area contributed by atoms with E-state index in [9.17, 15) is 0 Å². The van der Waals surface area contributed by atoms with Gasteiger partial charge in [0.1, 0.15) is 27.7 Å². The second kappa shape index (κ2) is 5.76. The second-order valence-electron chi connectivity index (χ2n) is 3.63. The van der Waals surface area contributed by atoms with Gasteiger partial charge in [-0.2, -0.15) is 10.5 Å². The lowest BCUT2D eigenvalue weighted by atomic mass is 10.2. The van der Waals surface area contributed by atoms with Crippen LogP contribution in [0.5, 0.6) is 0 Å². The molecule has 6 heteroatoms. The van der Waals surface area contributed by atoms with E-state index in [-0.39, 0.29) is 5.57 Å². The van der Waals surface area contributed by atoms with Crippen LogP contribution >= 0.6 is 11.3 Å². The molecule has 1 N–H and O–H groups in total. The van der Waals surface area contributed by atoms with Crippen LogP contribution in [-0.4, -0.2) is 10.2 Å². The van der Waals surface area contributed by atoms with Gasteiger partial charge in [-0.25, -0.2) is 0 Å². The zero-order valence-corrected chi connectivity index (χ0v) is 10.9. The molecule has 1 heterocycles. The normalized spacial score (nSPS) is 9.21. The fraction of sp³-hybridized carbons (Fsp3) is 0.0769. The minimum absolute atomic E-state index is 0.0252. The number of hydrogen-bond acceptors (Lipinski definition) is 6. The van der Waals surface area contributed by atoms with Crippen LogP contribution in [0.4, 0.5) is 5.69 Å². The lowest BCUT2D eigenvalue weighted by molar-refractivity contribution is 1.05. The Morgan fingerprint density at radius 1 is 1.32 bits per heavy atom. The first-order valence-corrected chi connectivity index (χ1v) is 6.22. The number of hydrogen-bond donors (Lipinski definition) is 1. The molecule has 0 atom stereocenters. The molecular weight excluding hydrogens is 258 g/mol. The first-order chi connectivity index (χ1) is 9.22. The van der Waals surface area contributed by atoms with Crippen LogP contribution in [0.2, 0.25) is 0 Å². The molecule has 0 aliphatic carbocycles. The molecule has 0 unspecified atom stereocenters. The summed E-state index contributed by atoms with van der Waals surface area (Å²) in [7, 11) is 0. The van der Waals surface area contributed by atoms with E-state index >= 15 is 0 Å². The van der Waals surface area contributed by atoms with Crippen LogP contribution in [0, 0.1) is 29.6 Å². The molecule has 0 aliphatic heterocycles. The fourth-order valence-electron chi connectivity index (χ4n) is 1.40. The highest BCUT2D eigenvalue weighted by Crippen LogP contribution is 2.25. The van der Waals surface area contributed by atoms with Crippen molar-refractivity contribution in [2.24, 2.45) is 0 Å². The van der Waals surface area contributed by atoms with Crippen molar-refractivity contribution in [1.82, 2.24) is 10.2 Å². The maximum atomic E-state index is 8.64. The van der Waals surface area contributed by atoms with E-state index in [0.717, 1.165) is 21.3 Å². The number of nitriles is 2. The Labute approximate surface area is 114 Å². The van der Waals surface area contributed by atoms with Crippen molar-refractivity contribution >= 4 is 17.0 Å². The molecule has 0 radical (unpaired) electrons. The number of anilines is 1. The van der Waals surface area contributed by atoms with Crippen LogP contribution in [0.25, 0.3) is 10.6 Å². The molecule has 0 spiro atoms. The van der Waals surface area contributed by atoms with Gasteiger partial charge in [0, 0.05) is 17.5 Å². The summed E-state index contributed by atoms with van der Waals surface area (Å²) in [4.78, 5) is 0. The highest BCUT2D eigenvalue weighted by Gasteiger charge is 2.04. The highest BCUT2D eigenvalue weighted by molar-refractivity contribution is 7.14. The summed E-state index contributed by atoms with van der Waals surface area (Å²) in [6, 6.07) is 11.1. The molecule has 1 aromatic carbocycles. The van der Waals surface area contributed by atoms with Gasteiger partial charge in [-0.3, -0.25) is 0 Å². The predicted molar refractivity (Wildman–Crippen MR) is 73.0 cm³/mol. The van der Waals surface area contributed by atoms with Gasteiger partial charge in [0.2, 0.25) is 0 Å². The third kappa shape index (κ3) is 3.15. The molecule has 2 rings (SSSR count). The third-order valence-electron chi connectivity index (χ3n) is 2.26. The molecule has 0 saturated heterocycles. The second-order valence-corrected chi connectivity index (χ2v) is 4.81. The van der Waals surface area contributed by atoms with Gasteiger partial charge in [-0.15, -0.1) is 10.2 Å². The van der Waals surface area contributed by atoms with Crippen molar-refractivity contribution in [2.45, 2.75) is 6.92 Å². The molecule has 0 aliphatic rings. The Kier molecular flexibility index (Phi) is 3.87. The van der Waals surface area contributed by atoms with Crippen LogP contribution in [0.1, 0.15) is 5.01 Å². The number of allylic oxidation sites excluding steroid dienone is 1. The van der Waals surface area contributed by atoms with Crippen molar-refractivity contribution in [1.29, 1.82) is 10.5 Å². The quantitative estimate of drug-likeness (QED) is 0.864. The number of aromatic nitrogens is 2. The smallest absolute Gasteiger partial charge is 0.147 e.